The Morgan fingerprint density at radius 2 is 1.74 bits per heavy atom. The van der Waals surface area contributed by atoms with Crippen LogP contribution in [0.25, 0.3) is 0 Å². The molecule has 0 radical (unpaired) electrons. The number of hydrogen-bond donors (Lipinski definition) is 2. The normalized spacial score (nSPS) is 15.0. The SMILES string of the molecule is CNN(C)CCCOC(C)C(C)(C)CC(C)(C)NC. The van der Waals surface area contributed by atoms with Crippen LogP contribution in [0, 0.1) is 5.41 Å². The molecule has 0 aliphatic heterocycles. The Morgan fingerprint density at radius 3 is 2.21 bits per heavy atom. The van der Waals surface area contributed by atoms with Crippen LogP contribution in [0.1, 0.15) is 47.5 Å². The molecule has 0 saturated heterocycles. The van der Waals surface area contributed by atoms with Crippen LogP contribution in [0.4, 0.5) is 0 Å². The highest BCUT2D eigenvalue weighted by molar-refractivity contribution is 4.87. The molecule has 0 saturated carbocycles. The molecule has 0 aromatic carbocycles. The molecule has 0 aliphatic rings. The van der Waals surface area contributed by atoms with Crippen LogP contribution in [0.5, 0.6) is 0 Å². The topological polar surface area (TPSA) is 36.5 Å². The van der Waals surface area contributed by atoms with Gasteiger partial charge < -0.3 is 10.1 Å². The molecule has 4 heteroatoms. The Morgan fingerprint density at radius 1 is 1.16 bits per heavy atom. The van der Waals surface area contributed by atoms with Crippen molar-refractivity contribution in [2.24, 2.45) is 5.41 Å². The van der Waals surface area contributed by atoms with Crippen molar-refractivity contribution in [1.82, 2.24) is 15.8 Å². The first-order chi connectivity index (χ1) is 8.64. The molecule has 0 amide bonds. The number of rotatable bonds is 10. The van der Waals surface area contributed by atoms with E-state index in [0.29, 0.717) is 0 Å². The average molecular weight is 273 g/mol. The van der Waals surface area contributed by atoms with Crippen molar-refractivity contribution in [3.63, 3.8) is 0 Å². The van der Waals surface area contributed by atoms with Crippen LogP contribution in [0.3, 0.4) is 0 Å². The largest absolute Gasteiger partial charge is 0.378 e. The van der Waals surface area contributed by atoms with Crippen LogP contribution in [-0.4, -0.2) is 50.9 Å². The van der Waals surface area contributed by atoms with Crippen LogP contribution < -0.4 is 10.7 Å². The van der Waals surface area contributed by atoms with Gasteiger partial charge in [-0.1, -0.05) is 13.8 Å². The van der Waals surface area contributed by atoms with Gasteiger partial charge in [0.1, 0.15) is 0 Å². The molecule has 0 aromatic rings. The molecule has 0 rings (SSSR count). The first kappa shape index (κ1) is 18.8. The minimum Gasteiger partial charge on any atom is -0.378 e. The molecular formula is C15H35N3O. The first-order valence-electron chi connectivity index (χ1n) is 7.33. The fraction of sp³-hybridized carbons (Fsp3) is 1.00. The van der Waals surface area contributed by atoms with Gasteiger partial charge in [0.2, 0.25) is 0 Å². The van der Waals surface area contributed by atoms with Crippen molar-refractivity contribution in [2.75, 3.05) is 34.3 Å². The van der Waals surface area contributed by atoms with Crippen molar-refractivity contribution in [3.8, 4) is 0 Å². The fourth-order valence-corrected chi connectivity index (χ4v) is 2.27. The molecule has 0 spiro atoms. The third-order valence-electron chi connectivity index (χ3n) is 4.06. The number of hydrogen-bond acceptors (Lipinski definition) is 4. The number of nitrogens with zero attached hydrogens (tertiary/aromatic N) is 1. The molecule has 2 N–H and O–H groups in total. The molecule has 0 aliphatic carbocycles. The van der Waals surface area contributed by atoms with Gasteiger partial charge in [-0.15, -0.1) is 0 Å². The van der Waals surface area contributed by atoms with Gasteiger partial charge in [0.15, 0.2) is 0 Å². The zero-order valence-electron chi connectivity index (χ0n) is 14.3. The molecule has 0 aromatic heterocycles. The predicted molar refractivity (Wildman–Crippen MR) is 83.3 cm³/mol. The quantitative estimate of drug-likeness (QED) is 0.473. The van der Waals surface area contributed by atoms with Crippen LogP contribution in [0.15, 0.2) is 0 Å². The Labute approximate surface area is 120 Å². The maximum atomic E-state index is 6.01. The number of nitrogens with one attached hydrogen (secondary N) is 2. The third-order valence-corrected chi connectivity index (χ3v) is 4.06. The van der Waals surface area contributed by atoms with Gasteiger partial charge in [0, 0.05) is 25.7 Å². The van der Waals surface area contributed by atoms with Gasteiger partial charge in [0.25, 0.3) is 0 Å². The van der Waals surface area contributed by atoms with Crippen molar-refractivity contribution in [2.45, 2.75) is 59.1 Å². The summed E-state index contributed by atoms with van der Waals surface area (Å²) in [6.07, 6.45) is 2.40. The van der Waals surface area contributed by atoms with Gasteiger partial charge >= 0.3 is 0 Å². The van der Waals surface area contributed by atoms with Crippen LogP contribution in [0.2, 0.25) is 0 Å². The minimum absolute atomic E-state index is 0.146. The maximum Gasteiger partial charge on any atom is 0.0598 e. The highest BCUT2D eigenvalue weighted by Crippen LogP contribution is 2.32. The number of ether oxygens (including phenoxy) is 1. The standard InChI is InChI=1S/C15H35N3O/c1-13(19-11-9-10-18(8)17-7)14(2,3)12-15(4,5)16-6/h13,16-17H,9-12H2,1-8H3. The summed E-state index contributed by atoms with van der Waals surface area (Å²) in [6, 6.07) is 0. The maximum absolute atomic E-state index is 6.01. The molecule has 19 heavy (non-hydrogen) atoms. The van der Waals surface area contributed by atoms with E-state index in [4.69, 9.17) is 4.74 Å². The molecule has 1 atom stereocenters. The fourth-order valence-electron chi connectivity index (χ4n) is 2.27. The smallest absolute Gasteiger partial charge is 0.0598 e. The van der Waals surface area contributed by atoms with E-state index in [-0.39, 0.29) is 17.1 Å². The monoisotopic (exact) mass is 273 g/mol. The lowest BCUT2D eigenvalue weighted by atomic mass is 9.76. The van der Waals surface area contributed by atoms with E-state index in [1.165, 1.54) is 0 Å². The Balaban J connectivity index is 4.07. The summed E-state index contributed by atoms with van der Waals surface area (Å²) in [7, 11) is 6.00. The summed E-state index contributed by atoms with van der Waals surface area (Å²) in [6.45, 7) is 13.1. The van der Waals surface area contributed by atoms with E-state index in [9.17, 15) is 0 Å². The highest BCUT2D eigenvalue weighted by atomic mass is 16.5. The van der Waals surface area contributed by atoms with E-state index in [1.807, 2.05) is 21.1 Å². The molecular weight excluding hydrogens is 238 g/mol. The molecule has 0 heterocycles. The lowest BCUT2D eigenvalue weighted by Crippen LogP contribution is -2.44. The van der Waals surface area contributed by atoms with Gasteiger partial charge in [0.05, 0.1) is 6.10 Å². The van der Waals surface area contributed by atoms with E-state index in [0.717, 1.165) is 26.0 Å². The summed E-state index contributed by atoms with van der Waals surface area (Å²) in [5.74, 6) is 0. The minimum atomic E-state index is 0.146. The van der Waals surface area contributed by atoms with Crippen LogP contribution >= 0.6 is 0 Å². The predicted octanol–water partition coefficient (Wildman–Crippen LogP) is 2.26. The van der Waals surface area contributed by atoms with E-state index < -0.39 is 0 Å². The summed E-state index contributed by atoms with van der Waals surface area (Å²) in [5, 5.41) is 5.44. The summed E-state index contributed by atoms with van der Waals surface area (Å²) >= 11 is 0. The Hall–Kier alpha value is -0.160. The summed E-state index contributed by atoms with van der Waals surface area (Å²) in [5.41, 5.74) is 3.41. The highest BCUT2D eigenvalue weighted by Gasteiger charge is 2.32. The van der Waals surface area contributed by atoms with Crippen molar-refractivity contribution in [3.05, 3.63) is 0 Å². The second-order valence-electron chi connectivity index (χ2n) is 6.81. The van der Waals surface area contributed by atoms with E-state index in [2.05, 4.69) is 50.4 Å². The van der Waals surface area contributed by atoms with Crippen molar-refractivity contribution in [1.29, 1.82) is 0 Å². The molecule has 116 valence electrons. The molecule has 0 fully saturated rings. The van der Waals surface area contributed by atoms with Gasteiger partial charge in [-0.3, -0.25) is 5.43 Å². The lowest BCUT2D eigenvalue weighted by Gasteiger charge is -2.38. The van der Waals surface area contributed by atoms with Gasteiger partial charge in [-0.2, -0.15) is 0 Å². The van der Waals surface area contributed by atoms with E-state index in [1.54, 1.807) is 0 Å². The zero-order valence-corrected chi connectivity index (χ0v) is 14.3. The summed E-state index contributed by atoms with van der Waals surface area (Å²) in [4.78, 5) is 0. The Kier molecular flexibility index (Phi) is 8.13. The van der Waals surface area contributed by atoms with Crippen LogP contribution in [-0.2, 0) is 4.74 Å². The average Bonchev–Trinajstić information content (AvgIpc) is 2.32. The molecule has 4 nitrogen and oxygen atoms in total. The first-order valence-corrected chi connectivity index (χ1v) is 7.33. The Bertz CT molecular complexity index is 242. The number of hydrazine groups is 1. The molecule has 0 bridgehead atoms. The molecule has 1 unspecified atom stereocenters. The summed E-state index contributed by atoms with van der Waals surface area (Å²) < 4.78 is 6.01. The third kappa shape index (κ3) is 7.88. The second kappa shape index (κ2) is 8.20. The second-order valence-corrected chi connectivity index (χ2v) is 6.81. The van der Waals surface area contributed by atoms with Gasteiger partial charge in [-0.05, 0) is 53.1 Å². The van der Waals surface area contributed by atoms with Crippen molar-refractivity contribution >= 4 is 0 Å². The van der Waals surface area contributed by atoms with E-state index >= 15 is 0 Å². The lowest BCUT2D eigenvalue weighted by molar-refractivity contribution is -0.0293. The van der Waals surface area contributed by atoms with Gasteiger partial charge in [-0.25, -0.2) is 5.01 Å². The zero-order chi connectivity index (χ0) is 15.1. The van der Waals surface area contributed by atoms with Crippen molar-refractivity contribution < 1.29 is 4.74 Å².